The Bertz CT molecular complexity index is 228. The molecule has 2 nitrogen and oxygen atoms in total. The van der Waals surface area contributed by atoms with Crippen LogP contribution in [-0.2, 0) is 0 Å². The average Bonchev–Trinajstić information content (AvgIpc) is 2.79. The summed E-state index contributed by atoms with van der Waals surface area (Å²) >= 11 is 0. The molecule has 0 aliphatic heterocycles. The second-order valence-electron chi connectivity index (χ2n) is 7.19. The largest absolute Gasteiger partial charge is 0.390 e. The van der Waals surface area contributed by atoms with E-state index in [0.29, 0.717) is 17.5 Å². The van der Waals surface area contributed by atoms with Crippen LogP contribution in [0.15, 0.2) is 0 Å². The number of hydrogen-bond donors (Lipinski definition) is 2. The molecule has 1 saturated carbocycles. The first-order valence-corrected chi connectivity index (χ1v) is 7.19. The SMILES string of the molecule is CC(CCCC(C)(C)O)NC(C)CC1(C)CC1. The van der Waals surface area contributed by atoms with E-state index in [1.54, 1.807) is 0 Å². The van der Waals surface area contributed by atoms with Crippen LogP contribution in [0.1, 0.15) is 73.1 Å². The molecular weight excluding hydrogens is 210 g/mol. The first-order chi connectivity index (χ1) is 7.70. The van der Waals surface area contributed by atoms with Crippen LogP contribution in [0.3, 0.4) is 0 Å². The lowest BCUT2D eigenvalue weighted by Gasteiger charge is -2.24. The lowest BCUT2D eigenvalue weighted by Crippen LogP contribution is -2.36. The molecule has 0 saturated heterocycles. The van der Waals surface area contributed by atoms with Crippen LogP contribution >= 0.6 is 0 Å². The quantitative estimate of drug-likeness (QED) is 0.682. The van der Waals surface area contributed by atoms with Crippen molar-refractivity contribution in [3.8, 4) is 0 Å². The maximum atomic E-state index is 9.65. The van der Waals surface area contributed by atoms with E-state index in [-0.39, 0.29) is 0 Å². The van der Waals surface area contributed by atoms with E-state index < -0.39 is 5.60 Å². The predicted molar refractivity (Wildman–Crippen MR) is 74.2 cm³/mol. The number of aliphatic hydroxyl groups is 1. The summed E-state index contributed by atoms with van der Waals surface area (Å²) < 4.78 is 0. The number of hydrogen-bond acceptors (Lipinski definition) is 2. The fraction of sp³-hybridized carbons (Fsp3) is 1.00. The van der Waals surface area contributed by atoms with Gasteiger partial charge in [0, 0.05) is 12.1 Å². The molecule has 2 unspecified atom stereocenters. The normalized spacial score (nSPS) is 22.2. The maximum Gasteiger partial charge on any atom is 0.0591 e. The zero-order chi connectivity index (χ0) is 13.1. The van der Waals surface area contributed by atoms with Crippen LogP contribution in [-0.4, -0.2) is 22.8 Å². The number of nitrogens with one attached hydrogen (secondary N) is 1. The smallest absolute Gasteiger partial charge is 0.0591 e. The van der Waals surface area contributed by atoms with E-state index in [9.17, 15) is 5.11 Å². The van der Waals surface area contributed by atoms with Crippen molar-refractivity contribution in [2.45, 2.75) is 90.8 Å². The second-order valence-corrected chi connectivity index (χ2v) is 7.19. The van der Waals surface area contributed by atoms with Gasteiger partial charge >= 0.3 is 0 Å². The van der Waals surface area contributed by atoms with Crippen LogP contribution in [0, 0.1) is 5.41 Å². The minimum absolute atomic E-state index is 0.507. The molecule has 0 radical (unpaired) electrons. The predicted octanol–water partition coefficient (Wildman–Crippen LogP) is 3.48. The Kier molecular flexibility index (Phi) is 5.03. The van der Waals surface area contributed by atoms with Crippen LogP contribution in [0.25, 0.3) is 0 Å². The molecule has 0 heterocycles. The molecule has 2 N–H and O–H groups in total. The minimum atomic E-state index is -0.507. The van der Waals surface area contributed by atoms with Crippen LogP contribution in [0.5, 0.6) is 0 Å². The van der Waals surface area contributed by atoms with Crippen molar-refractivity contribution >= 4 is 0 Å². The molecule has 0 spiro atoms. The molecule has 0 bridgehead atoms. The standard InChI is InChI=1S/C15H31NO/c1-12(7-6-8-14(3,4)17)16-13(2)11-15(5)9-10-15/h12-13,16-17H,6-11H2,1-5H3. The Hall–Kier alpha value is -0.0800. The zero-order valence-electron chi connectivity index (χ0n) is 12.3. The molecule has 0 amide bonds. The Morgan fingerprint density at radius 1 is 1.24 bits per heavy atom. The van der Waals surface area contributed by atoms with E-state index in [4.69, 9.17) is 0 Å². The highest BCUT2D eigenvalue weighted by molar-refractivity contribution is 4.91. The minimum Gasteiger partial charge on any atom is -0.390 e. The van der Waals surface area contributed by atoms with Gasteiger partial charge in [0.1, 0.15) is 0 Å². The Morgan fingerprint density at radius 3 is 2.29 bits per heavy atom. The fourth-order valence-electron chi connectivity index (χ4n) is 2.63. The highest BCUT2D eigenvalue weighted by Crippen LogP contribution is 2.48. The topological polar surface area (TPSA) is 32.3 Å². The third-order valence-corrected chi connectivity index (χ3v) is 3.90. The van der Waals surface area contributed by atoms with Gasteiger partial charge in [0.15, 0.2) is 0 Å². The van der Waals surface area contributed by atoms with Crippen molar-refractivity contribution in [1.82, 2.24) is 5.32 Å². The van der Waals surface area contributed by atoms with Gasteiger partial charge in [-0.05, 0) is 71.6 Å². The van der Waals surface area contributed by atoms with Crippen molar-refractivity contribution in [3.05, 3.63) is 0 Å². The van der Waals surface area contributed by atoms with Crippen molar-refractivity contribution in [2.75, 3.05) is 0 Å². The first kappa shape index (κ1) is 15.0. The lowest BCUT2D eigenvalue weighted by atomic mass is 9.97. The fourth-order valence-corrected chi connectivity index (χ4v) is 2.63. The second kappa shape index (κ2) is 5.71. The molecular formula is C15H31NO. The molecule has 1 rings (SSSR count). The van der Waals surface area contributed by atoms with Crippen molar-refractivity contribution in [1.29, 1.82) is 0 Å². The summed E-state index contributed by atoms with van der Waals surface area (Å²) in [6, 6.07) is 1.19. The summed E-state index contributed by atoms with van der Waals surface area (Å²) in [5.41, 5.74) is 0.131. The summed E-state index contributed by atoms with van der Waals surface area (Å²) in [5, 5.41) is 13.3. The van der Waals surface area contributed by atoms with E-state index in [1.807, 2.05) is 13.8 Å². The van der Waals surface area contributed by atoms with Gasteiger partial charge in [-0.1, -0.05) is 6.92 Å². The van der Waals surface area contributed by atoms with Gasteiger partial charge in [-0.2, -0.15) is 0 Å². The van der Waals surface area contributed by atoms with Gasteiger partial charge in [-0.25, -0.2) is 0 Å². The average molecular weight is 241 g/mol. The Labute approximate surface area is 107 Å². The van der Waals surface area contributed by atoms with Gasteiger partial charge in [-0.15, -0.1) is 0 Å². The molecule has 102 valence electrons. The molecule has 0 aromatic rings. The molecule has 0 aromatic carbocycles. The molecule has 1 aliphatic rings. The summed E-state index contributed by atoms with van der Waals surface area (Å²) in [4.78, 5) is 0. The number of rotatable bonds is 8. The van der Waals surface area contributed by atoms with Gasteiger partial charge in [0.05, 0.1) is 5.60 Å². The molecule has 17 heavy (non-hydrogen) atoms. The van der Waals surface area contributed by atoms with E-state index >= 15 is 0 Å². The Balaban J connectivity index is 2.09. The van der Waals surface area contributed by atoms with Crippen LogP contribution < -0.4 is 5.32 Å². The van der Waals surface area contributed by atoms with Gasteiger partial charge in [0.25, 0.3) is 0 Å². The van der Waals surface area contributed by atoms with E-state index in [1.165, 1.54) is 19.3 Å². The van der Waals surface area contributed by atoms with Crippen molar-refractivity contribution in [2.24, 2.45) is 5.41 Å². The van der Waals surface area contributed by atoms with Gasteiger partial charge in [0.2, 0.25) is 0 Å². The van der Waals surface area contributed by atoms with E-state index in [2.05, 4.69) is 26.1 Å². The summed E-state index contributed by atoms with van der Waals surface area (Å²) in [6.07, 6.45) is 7.28. The molecule has 0 aromatic heterocycles. The maximum absolute atomic E-state index is 9.65. The summed E-state index contributed by atoms with van der Waals surface area (Å²) in [6.45, 7) is 10.7. The third kappa shape index (κ3) is 7.05. The van der Waals surface area contributed by atoms with Crippen LogP contribution in [0.2, 0.25) is 0 Å². The Morgan fingerprint density at radius 2 is 1.82 bits per heavy atom. The molecule has 1 fully saturated rings. The van der Waals surface area contributed by atoms with E-state index in [0.717, 1.165) is 19.3 Å². The first-order valence-electron chi connectivity index (χ1n) is 7.19. The highest BCUT2D eigenvalue weighted by Gasteiger charge is 2.38. The summed E-state index contributed by atoms with van der Waals surface area (Å²) in [5.74, 6) is 0. The molecule has 1 aliphatic carbocycles. The third-order valence-electron chi connectivity index (χ3n) is 3.90. The zero-order valence-corrected chi connectivity index (χ0v) is 12.3. The molecule has 2 heteroatoms. The van der Waals surface area contributed by atoms with Crippen LogP contribution in [0.4, 0.5) is 0 Å². The van der Waals surface area contributed by atoms with Crippen molar-refractivity contribution in [3.63, 3.8) is 0 Å². The van der Waals surface area contributed by atoms with Crippen molar-refractivity contribution < 1.29 is 5.11 Å². The van der Waals surface area contributed by atoms with Gasteiger partial charge in [-0.3, -0.25) is 0 Å². The molecule has 2 atom stereocenters. The lowest BCUT2D eigenvalue weighted by molar-refractivity contribution is 0.0674. The van der Waals surface area contributed by atoms with Gasteiger partial charge < -0.3 is 10.4 Å². The summed E-state index contributed by atoms with van der Waals surface area (Å²) in [7, 11) is 0. The highest BCUT2D eigenvalue weighted by atomic mass is 16.3. The monoisotopic (exact) mass is 241 g/mol.